The van der Waals surface area contributed by atoms with E-state index in [1.165, 1.54) is 5.56 Å². The number of unbranched alkanes of at least 4 members (excludes halogenated alkanes) is 1. The summed E-state index contributed by atoms with van der Waals surface area (Å²) >= 11 is 0. The van der Waals surface area contributed by atoms with Gasteiger partial charge in [0.25, 0.3) is 0 Å². The lowest BCUT2D eigenvalue weighted by Crippen LogP contribution is -2.08. The Morgan fingerprint density at radius 1 is 1.27 bits per heavy atom. The molecule has 1 N–H and O–H groups in total. The van der Waals surface area contributed by atoms with Gasteiger partial charge in [0.2, 0.25) is 0 Å². The molecule has 0 spiro atoms. The van der Waals surface area contributed by atoms with Crippen LogP contribution in [0.2, 0.25) is 0 Å². The highest BCUT2D eigenvalue weighted by Crippen LogP contribution is 2.13. The fourth-order valence-corrected chi connectivity index (χ4v) is 2.44. The van der Waals surface area contributed by atoms with E-state index in [1.807, 2.05) is 22.9 Å². The summed E-state index contributed by atoms with van der Waals surface area (Å²) in [5.74, 6) is 0.926. The van der Waals surface area contributed by atoms with Gasteiger partial charge in [-0.2, -0.15) is 0 Å². The Hall–Kier alpha value is -1.88. The summed E-state index contributed by atoms with van der Waals surface area (Å²) in [6.45, 7) is 5.67. The largest absolute Gasteiger partial charge is 0.494 e. The van der Waals surface area contributed by atoms with Crippen LogP contribution in [0.3, 0.4) is 0 Å². The van der Waals surface area contributed by atoms with Crippen molar-refractivity contribution in [1.82, 2.24) is 15.0 Å². The Bertz CT molecular complexity index is 581. The molecule has 0 fully saturated rings. The van der Waals surface area contributed by atoms with E-state index < -0.39 is 0 Å². The average Bonchev–Trinajstić information content (AvgIpc) is 2.90. The van der Waals surface area contributed by atoms with E-state index >= 15 is 0 Å². The first-order valence-electron chi connectivity index (χ1n) is 7.96. The fraction of sp³-hybridized carbons (Fsp3) is 0.529. The first-order chi connectivity index (χ1) is 10.7. The summed E-state index contributed by atoms with van der Waals surface area (Å²) in [5, 5.41) is 17.5. The third-order valence-electron chi connectivity index (χ3n) is 3.58. The molecule has 1 aromatic carbocycles. The number of benzene rings is 1. The predicted octanol–water partition coefficient (Wildman–Crippen LogP) is 2.89. The van der Waals surface area contributed by atoms with Gasteiger partial charge < -0.3 is 9.84 Å². The van der Waals surface area contributed by atoms with Gasteiger partial charge in [-0.3, -0.25) is 0 Å². The van der Waals surface area contributed by atoms with E-state index in [4.69, 9.17) is 4.74 Å². The highest BCUT2D eigenvalue weighted by molar-refractivity contribution is 5.27. The quantitative estimate of drug-likeness (QED) is 0.724. The molecule has 1 aromatic heterocycles. The van der Waals surface area contributed by atoms with Gasteiger partial charge in [0.05, 0.1) is 18.9 Å². The standard InChI is InChI=1S/C17H25N3O2/c1-3-7-17-16(13-21)18-19-20(17)10-4-5-11-22-15-9-6-8-14(2)12-15/h6,8-9,12,21H,3-5,7,10-11,13H2,1-2H3. The summed E-state index contributed by atoms with van der Waals surface area (Å²) in [7, 11) is 0. The van der Waals surface area contributed by atoms with Crippen molar-refractivity contribution in [3.63, 3.8) is 0 Å². The topological polar surface area (TPSA) is 60.2 Å². The van der Waals surface area contributed by atoms with Crippen molar-refractivity contribution < 1.29 is 9.84 Å². The molecule has 1 heterocycles. The second-order valence-electron chi connectivity index (χ2n) is 5.49. The molecule has 0 radical (unpaired) electrons. The van der Waals surface area contributed by atoms with Crippen LogP contribution in [0.15, 0.2) is 24.3 Å². The van der Waals surface area contributed by atoms with E-state index in [2.05, 4.69) is 30.2 Å². The van der Waals surface area contributed by atoms with Gasteiger partial charge in [-0.25, -0.2) is 4.68 Å². The molecule has 0 aliphatic heterocycles. The number of aliphatic hydroxyl groups excluding tert-OH is 1. The first kappa shape index (κ1) is 16.5. The van der Waals surface area contributed by atoms with Crippen LogP contribution in [0.5, 0.6) is 5.75 Å². The number of nitrogens with zero attached hydrogens (tertiary/aromatic N) is 3. The molecule has 0 unspecified atom stereocenters. The SMILES string of the molecule is CCCc1c(CO)nnn1CCCCOc1cccc(C)c1. The maximum absolute atomic E-state index is 9.28. The second kappa shape index (κ2) is 8.54. The van der Waals surface area contributed by atoms with E-state index in [0.29, 0.717) is 12.3 Å². The van der Waals surface area contributed by atoms with Crippen LogP contribution in [-0.4, -0.2) is 26.7 Å². The van der Waals surface area contributed by atoms with Crippen molar-refractivity contribution in [2.45, 2.75) is 52.7 Å². The van der Waals surface area contributed by atoms with Crippen LogP contribution in [0, 0.1) is 6.92 Å². The normalized spacial score (nSPS) is 10.9. The number of hydrogen-bond acceptors (Lipinski definition) is 4. The molecule has 120 valence electrons. The minimum atomic E-state index is -0.0359. The van der Waals surface area contributed by atoms with Gasteiger partial charge in [0.1, 0.15) is 11.4 Å². The lowest BCUT2D eigenvalue weighted by molar-refractivity contribution is 0.275. The van der Waals surface area contributed by atoms with Crippen LogP contribution >= 0.6 is 0 Å². The highest BCUT2D eigenvalue weighted by Gasteiger charge is 2.10. The summed E-state index contributed by atoms with van der Waals surface area (Å²) < 4.78 is 7.66. The Morgan fingerprint density at radius 2 is 2.14 bits per heavy atom. The zero-order valence-corrected chi connectivity index (χ0v) is 13.5. The van der Waals surface area contributed by atoms with Crippen molar-refractivity contribution >= 4 is 0 Å². The number of hydrogen-bond donors (Lipinski definition) is 1. The molecule has 0 aliphatic carbocycles. The number of aryl methyl sites for hydroxylation is 2. The maximum atomic E-state index is 9.28. The molecule has 22 heavy (non-hydrogen) atoms. The molecular formula is C17H25N3O2. The van der Waals surface area contributed by atoms with Gasteiger partial charge in [-0.05, 0) is 43.9 Å². The fourth-order valence-electron chi connectivity index (χ4n) is 2.44. The third kappa shape index (κ3) is 4.56. The maximum Gasteiger partial charge on any atom is 0.119 e. The van der Waals surface area contributed by atoms with Gasteiger partial charge in [-0.1, -0.05) is 30.7 Å². The molecule has 5 nitrogen and oxygen atoms in total. The molecule has 0 atom stereocenters. The zero-order valence-electron chi connectivity index (χ0n) is 13.5. The van der Waals surface area contributed by atoms with Crippen molar-refractivity contribution in [3.8, 4) is 5.75 Å². The molecular weight excluding hydrogens is 278 g/mol. The average molecular weight is 303 g/mol. The summed E-state index contributed by atoms with van der Waals surface area (Å²) in [6.07, 6.45) is 3.88. The Labute approximate surface area is 131 Å². The van der Waals surface area contributed by atoms with Gasteiger partial charge >= 0.3 is 0 Å². The molecule has 5 heteroatoms. The van der Waals surface area contributed by atoms with Crippen LogP contribution in [-0.2, 0) is 19.6 Å². The Balaban J connectivity index is 1.76. The molecule has 2 rings (SSSR count). The summed E-state index contributed by atoms with van der Waals surface area (Å²) in [4.78, 5) is 0. The minimum Gasteiger partial charge on any atom is -0.494 e. The lowest BCUT2D eigenvalue weighted by atomic mass is 10.2. The number of aliphatic hydroxyl groups is 1. The molecule has 0 saturated heterocycles. The van der Waals surface area contributed by atoms with Gasteiger partial charge in [0, 0.05) is 6.54 Å². The second-order valence-corrected chi connectivity index (χ2v) is 5.49. The van der Waals surface area contributed by atoms with Crippen LogP contribution < -0.4 is 4.74 Å². The van der Waals surface area contributed by atoms with Crippen LogP contribution in [0.4, 0.5) is 0 Å². The van der Waals surface area contributed by atoms with E-state index in [9.17, 15) is 5.11 Å². The van der Waals surface area contributed by atoms with Crippen LogP contribution in [0.1, 0.15) is 43.1 Å². The summed E-state index contributed by atoms with van der Waals surface area (Å²) in [5.41, 5.74) is 2.98. The third-order valence-corrected chi connectivity index (χ3v) is 3.58. The minimum absolute atomic E-state index is 0.0359. The van der Waals surface area contributed by atoms with Crippen molar-refractivity contribution in [2.24, 2.45) is 0 Å². The predicted molar refractivity (Wildman–Crippen MR) is 85.8 cm³/mol. The molecule has 0 bridgehead atoms. The van der Waals surface area contributed by atoms with E-state index in [-0.39, 0.29) is 6.61 Å². The summed E-state index contributed by atoms with van der Waals surface area (Å²) in [6, 6.07) is 8.10. The van der Waals surface area contributed by atoms with Crippen molar-refractivity contribution in [3.05, 3.63) is 41.2 Å². The lowest BCUT2D eigenvalue weighted by Gasteiger charge is -2.08. The van der Waals surface area contributed by atoms with Crippen molar-refractivity contribution in [2.75, 3.05) is 6.61 Å². The van der Waals surface area contributed by atoms with E-state index in [0.717, 1.165) is 43.7 Å². The monoisotopic (exact) mass is 303 g/mol. The molecule has 0 saturated carbocycles. The zero-order chi connectivity index (χ0) is 15.8. The van der Waals surface area contributed by atoms with E-state index in [1.54, 1.807) is 0 Å². The molecule has 0 aliphatic rings. The number of aromatic nitrogens is 3. The first-order valence-corrected chi connectivity index (χ1v) is 7.96. The smallest absolute Gasteiger partial charge is 0.119 e. The number of rotatable bonds is 9. The van der Waals surface area contributed by atoms with Gasteiger partial charge in [0.15, 0.2) is 0 Å². The van der Waals surface area contributed by atoms with Crippen LogP contribution in [0.25, 0.3) is 0 Å². The Morgan fingerprint density at radius 3 is 2.86 bits per heavy atom. The van der Waals surface area contributed by atoms with Gasteiger partial charge in [-0.15, -0.1) is 5.10 Å². The highest BCUT2D eigenvalue weighted by atomic mass is 16.5. The molecule has 0 amide bonds. The Kier molecular flexibility index (Phi) is 6.40. The van der Waals surface area contributed by atoms with Crippen molar-refractivity contribution in [1.29, 1.82) is 0 Å². The number of ether oxygens (including phenoxy) is 1. The molecule has 2 aromatic rings.